The number of hydrogen-bond acceptors (Lipinski definition) is 2. The average molecular weight is 306 g/mol. The quantitative estimate of drug-likeness (QED) is 0.602. The highest BCUT2D eigenvalue weighted by Crippen LogP contribution is 2.25. The van der Waals surface area contributed by atoms with Crippen molar-refractivity contribution < 1.29 is 0 Å². The summed E-state index contributed by atoms with van der Waals surface area (Å²) in [6.45, 7) is 10.3. The van der Waals surface area contributed by atoms with E-state index < -0.39 is 0 Å². The van der Waals surface area contributed by atoms with Crippen LogP contribution in [0.15, 0.2) is 42.7 Å². The van der Waals surface area contributed by atoms with Gasteiger partial charge >= 0.3 is 0 Å². The highest BCUT2D eigenvalue weighted by molar-refractivity contribution is 5.87. The summed E-state index contributed by atoms with van der Waals surface area (Å²) in [7, 11) is 0. The Morgan fingerprint density at radius 1 is 0.957 bits per heavy atom. The maximum absolute atomic E-state index is 4.65. The molecule has 0 aliphatic rings. The standard InChI is InChI=1S/C19H20N2.C2H6/c1-4-6-15-7-5-8-16(9-15)19-10-17-11-20-14(3)13(2)18(17)12-21-19;1-2/h5,7-12H,4,6H2,1-3H3;1-2H3. The molecule has 0 fully saturated rings. The molecule has 3 rings (SSSR count). The van der Waals surface area contributed by atoms with Crippen LogP contribution < -0.4 is 0 Å². The van der Waals surface area contributed by atoms with E-state index >= 15 is 0 Å². The summed E-state index contributed by atoms with van der Waals surface area (Å²) in [5.74, 6) is 0. The van der Waals surface area contributed by atoms with Gasteiger partial charge in [0.05, 0.1) is 5.69 Å². The highest BCUT2D eigenvalue weighted by Gasteiger charge is 2.06. The first kappa shape index (κ1) is 17.1. The molecular formula is C21H26N2. The predicted octanol–water partition coefficient (Wildman–Crippen LogP) is 5.89. The van der Waals surface area contributed by atoms with Gasteiger partial charge in [0.15, 0.2) is 0 Å². The zero-order valence-electron chi connectivity index (χ0n) is 14.9. The highest BCUT2D eigenvalue weighted by atomic mass is 14.7. The summed E-state index contributed by atoms with van der Waals surface area (Å²) in [6, 6.07) is 10.8. The lowest BCUT2D eigenvalue weighted by atomic mass is 10.0. The second-order valence-electron chi connectivity index (χ2n) is 5.58. The third-order valence-corrected chi connectivity index (χ3v) is 4.04. The van der Waals surface area contributed by atoms with E-state index in [9.17, 15) is 0 Å². The van der Waals surface area contributed by atoms with Gasteiger partial charge in [0, 0.05) is 34.4 Å². The fourth-order valence-electron chi connectivity index (χ4n) is 2.68. The number of fused-ring (bicyclic) bond motifs is 1. The molecule has 0 amide bonds. The summed E-state index contributed by atoms with van der Waals surface area (Å²) in [6.07, 6.45) is 6.19. The average Bonchev–Trinajstić information content (AvgIpc) is 2.60. The second-order valence-corrected chi connectivity index (χ2v) is 5.58. The largest absolute Gasteiger partial charge is 0.261 e. The van der Waals surface area contributed by atoms with Crippen molar-refractivity contribution in [3.8, 4) is 11.3 Å². The minimum atomic E-state index is 1.02. The molecule has 2 heteroatoms. The number of benzene rings is 1. The first-order valence-corrected chi connectivity index (χ1v) is 8.50. The monoisotopic (exact) mass is 306 g/mol. The number of pyridine rings is 2. The van der Waals surface area contributed by atoms with Crippen LogP contribution in [-0.2, 0) is 6.42 Å². The summed E-state index contributed by atoms with van der Waals surface area (Å²) >= 11 is 0. The van der Waals surface area contributed by atoms with Gasteiger partial charge in [-0.2, -0.15) is 0 Å². The normalized spacial score (nSPS) is 10.3. The van der Waals surface area contributed by atoms with Gasteiger partial charge in [0.25, 0.3) is 0 Å². The van der Waals surface area contributed by atoms with Gasteiger partial charge in [-0.15, -0.1) is 0 Å². The minimum absolute atomic E-state index is 1.02. The molecule has 0 spiro atoms. The molecule has 1 aromatic carbocycles. The Balaban J connectivity index is 0.000000924. The number of rotatable bonds is 3. The molecule has 0 N–H and O–H groups in total. The number of aromatic nitrogens is 2. The fourth-order valence-corrected chi connectivity index (χ4v) is 2.68. The van der Waals surface area contributed by atoms with E-state index in [0.29, 0.717) is 0 Å². The van der Waals surface area contributed by atoms with E-state index in [2.05, 4.69) is 54.1 Å². The molecule has 0 atom stereocenters. The van der Waals surface area contributed by atoms with Crippen LogP contribution in [0.1, 0.15) is 44.0 Å². The maximum atomic E-state index is 4.65. The van der Waals surface area contributed by atoms with Crippen LogP contribution in [0, 0.1) is 13.8 Å². The van der Waals surface area contributed by atoms with Crippen molar-refractivity contribution in [2.45, 2.75) is 47.5 Å². The van der Waals surface area contributed by atoms with Crippen molar-refractivity contribution in [1.29, 1.82) is 0 Å². The van der Waals surface area contributed by atoms with E-state index in [4.69, 9.17) is 0 Å². The molecule has 2 nitrogen and oxygen atoms in total. The topological polar surface area (TPSA) is 25.8 Å². The Kier molecular flexibility index (Phi) is 5.86. The van der Waals surface area contributed by atoms with Gasteiger partial charge in [-0.05, 0) is 43.5 Å². The zero-order valence-corrected chi connectivity index (χ0v) is 14.9. The molecular weight excluding hydrogens is 280 g/mol. The summed E-state index contributed by atoms with van der Waals surface area (Å²) in [5.41, 5.74) is 5.86. The van der Waals surface area contributed by atoms with Crippen LogP contribution in [-0.4, -0.2) is 9.97 Å². The van der Waals surface area contributed by atoms with E-state index in [1.54, 1.807) is 0 Å². The first-order chi connectivity index (χ1) is 11.2. The lowest BCUT2D eigenvalue weighted by molar-refractivity contribution is 0.922. The van der Waals surface area contributed by atoms with Gasteiger partial charge in [-0.1, -0.05) is 45.4 Å². The van der Waals surface area contributed by atoms with Crippen LogP contribution in [0.25, 0.3) is 22.0 Å². The Morgan fingerprint density at radius 3 is 2.48 bits per heavy atom. The maximum Gasteiger partial charge on any atom is 0.0709 e. The van der Waals surface area contributed by atoms with Crippen LogP contribution >= 0.6 is 0 Å². The summed E-state index contributed by atoms with van der Waals surface area (Å²) < 4.78 is 0. The van der Waals surface area contributed by atoms with Crippen molar-refractivity contribution in [3.63, 3.8) is 0 Å². The summed E-state index contributed by atoms with van der Waals surface area (Å²) in [4.78, 5) is 9.11. The minimum Gasteiger partial charge on any atom is -0.261 e. The molecule has 3 aromatic rings. The number of hydrogen-bond donors (Lipinski definition) is 0. The Labute approximate surface area is 139 Å². The van der Waals surface area contributed by atoms with Crippen LogP contribution in [0.4, 0.5) is 0 Å². The Hall–Kier alpha value is -2.22. The lowest BCUT2D eigenvalue weighted by Gasteiger charge is -2.08. The van der Waals surface area contributed by atoms with Crippen LogP contribution in [0.2, 0.25) is 0 Å². The third-order valence-electron chi connectivity index (χ3n) is 4.04. The van der Waals surface area contributed by atoms with E-state index in [0.717, 1.165) is 29.6 Å². The van der Waals surface area contributed by atoms with E-state index in [1.807, 2.05) is 33.2 Å². The van der Waals surface area contributed by atoms with E-state index in [-0.39, 0.29) is 0 Å². The molecule has 2 aromatic heterocycles. The molecule has 0 saturated carbocycles. The Bertz CT molecular complexity index is 791. The molecule has 0 saturated heterocycles. The molecule has 2 heterocycles. The van der Waals surface area contributed by atoms with Gasteiger partial charge < -0.3 is 0 Å². The number of aryl methyl sites for hydroxylation is 3. The van der Waals surface area contributed by atoms with Crippen LogP contribution in [0.5, 0.6) is 0 Å². The fraction of sp³-hybridized carbons (Fsp3) is 0.333. The number of nitrogens with zero attached hydrogens (tertiary/aromatic N) is 2. The molecule has 0 unspecified atom stereocenters. The van der Waals surface area contributed by atoms with Crippen molar-refractivity contribution in [3.05, 3.63) is 59.5 Å². The van der Waals surface area contributed by atoms with Crippen LogP contribution in [0.3, 0.4) is 0 Å². The third kappa shape index (κ3) is 3.76. The first-order valence-electron chi connectivity index (χ1n) is 8.50. The van der Waals surface area contributed by atoms with Crippen molar-refractivity contribution in [2.24, 2.45) is 0 Å². The zero-order chi connectivity index (χ0) is 16.8. The second kappa shape index (κ2) is 7.87. The van der Waals surface area contributed by atoms with Gasteiger partial charge in [-0.25, -0.2) is 0 Å². The lowest BCUT2D eigenvalue weighted by Crippen LogP contribution is -1.92. The Morgan fingerprint density at radius 2 is 1.74 bits per heavy atom. The van der Waals surface area contributed by atoms with Crippen molar-refractivity contribution >= 4 is 10.8 Å². The predicted molar refractivity (Wildman–Crippen MR) is 99.8 cm³/mol. The molecule has 23 heavy (non-hydrogen) atoms. The van der Waals surface area contributed by atoms with Gasteiger partial charge in [0.1, 0.15) is 0 Å². The SMILES string of the molecule is CC.CCCc1cccc(-c2cc3cnc(C)c(C)c3cn2)c1. The molecule has 0 aliphatic heterocycles. The van der Waals surface area contributed by atoms with Crippen molar-refractivity contribution in [1.82, 2.24) is 9.97 Å². The van der Waals surface area contributed by atoms with E-state index in [1.165, 1.54) is 22.1 Å². The molecule has 0 aliphatic carbocycles. The smallest absolute Gasteiger partial charge is 0.0709 e. The molecule has 120 valence electrons. The van der Waals surface area contributed by atoms with Gasteiger partial charge in [0.2, 0.25) is 0 Å². The molecule has 0 radical (unpaired) electrons. The van der Waals surface area contributed by atoms with Crippen molar-refractivity contribution in [2.75, 3.05) is 0 Å². The molecule has 0 bridgehead atoms. The van der Waals surface area contributed by atoms with Gasteiger partial charge in [-0.3, -0.25) is 9.97 Å². The summed E-state index contributed by atoms with van der Waals surface area (Å²) in [5, 5.41) is 2.35.